The van der Waals surface area contributed by atoms with Gasteiger partial charge in [0.1, 0.15) is 0 Å². The van der Waals surface area contributed by atoms with Crippen molar-refractivity contribution in [2.75, 3.05) is 19.8 Å². The number of aromatic nitrogens is 3. The van der Waals surface area contributed by atoms with E-state index < -0.39 is 0 Å². The van der Waals surface area contributed by atoms with Gasteiger partial charge in [0.25, 0.3) is 0 Å². The van der Waals surface area contributed by atoms with Gasteiger partial charge in [0, 0.05) is 44.5 Å². The maximum atomic E-state index is 5.42. The predicted octanol–water partition coefficient (Wildman–Crippen LogP) is 1.06. The SMILES string of the molecule is c1c(C2CCC3NNCC3C2)nnn1CC1CCOCC1. The molecule has 0 amide bonds. The molecule has 2 saturated heterocycles. The molecule has 1 aromatic rings. The van der Waals surface area contributed by atoms with Crippen LogP contribution in [0, 0.1) is 11.8 Å². The van der Waals surface area contributed by atoms with Crippen molar-refractivity contribution in [3.05, 3.63) is 11.9 Å². The molecule has 2 N–H and O–H groups in total. The highest BCUT2D eigenvalue weighted by molar-refractivity contribution is 5.06. The number of rotatable bonds is 3. The summed E-state index contributed by atoms with van der Waals surface area (Å²) in [4.78, 5) is 0. The molecule has 6 heteroatoms. The Hall–Kier alpha value is -0.980. The second-order valence-electron chi connectivity index (χ2n) is 6.82. The molecule has 0 spiro atoms. The fourth-order valence-electron chi connectivity index (χ4n) is 4.05. The van der Waals surface area contributed by atoms with Crippen LogP contribution in [0.25, 0.3) is 0 Å². The highest BCUT2D eigenvalue weighted by Gasteiger charge is 2.35. The zero-order valence-corrected chi connectivity index (χ0v) is 12.5. The highest BCUT2D eigenvalue weighted by Crippen LogP contribution is 2.36. The quantitative estimate of drug-likeness (QED) is 0.872. The number of fused-ring (bicyclic) bond motifs is 1. The summed E-state index contributed by atoms with van der Waals surface area (Å²) < 4.78 is 7.48. The predicted molar refractivity (Wildman–Crippen MR) is 78.6 cm³/mol. The summed E-state index contributed by atoms with van der Waals surface area (Å²) in [6.45, 7) is 3.89. The van der Waals surface area contributed by atoms with Gasteiger partial charge in [0.15, 0.2) is 0 Å². The fourth-order valence-corrected chi connectivity index (χ4v) is 4.05. The van der Waals surface area contributed by atoms with Gasteiger partial charge < -0.3 is 4.74 Å². The van der Waals surface area contributed by atoms with E-state index in [0.717, 1.165) is 45.1 Å². The van der Waals surface area contributed by atoms with E-state index in [2.05, 4.69) is 32.0 Å². The molecule has 116 valence electrons. The summed E-state index contributed by atoms with van der Waals surface area (Å²) in [5, 5.41) is 8.83. The Labute approximate surface area is 125 Å². The molecule has 3 atom stereocenters. The Balaban J connectivity index is 1.37. The van der Waals surface area contributed by atoms with Gasteiger partial charge in [-0.3, -0.25) is 15.5 Å². The second-order valence-corrected chi connectivity index (χ2v) is 6.82. The third kappa shape index (κ3) is 2.98. The van der Waals surface area contributed by atoms with Gasteiger partial charge >= 0.3 is 0 Å². The molecule has 4 rings (SSSR count). The van der Waals surface area contributed by atoms with Crippen molar-refractivity contribution < 1.29 is 4.74 Å². The van der Waals surface area contributed by atoms with Gasteiger partial charge in [0.2, 0.25) is 0 Å². The van der Waals surface area contributed by atoms with Crippen molar-refractivity contribution in [1.82, 2.24) is 25.8 Å². The minimum atomic E-state index is 0.594. The van der Waals surface area contributed by atoms with Crippen LogP contribution in [0.4, 0.5) is 0 Å². The largest absolute Gasteiger partial charge is 0.381 e. The molecule has 3 fully saturated rings. The number of hydrogen-bond donors (Lipinski definition) is 2. The van der Waals surface area contributed by atoms with Crippen LogP contribution in [-0.4, -0.2) is 40.8 Å². The molecular formula is C15H25N5O. The Morgan fingerprint density at radius 3 is 3.05 bits per heavy atom. The lowest BCUT2D eigenvalue weighted by atomic mass is 9.78. The van der Waals surface area contributed by atoms with Crippen molar-refractivity contribution in [3.8, 4) is 0 Å². The fraction of sp³-hybridized carbons (Fsp3) is 0.867. The standard InChI is InChI=1S/C15H25N5O/c1-2-14-13(8-16-17-14)7-12(1)15-10-20(19-18-15)9-11-3-5-21-6-4-11/h10-14,16-17H,1-9H2. The zero-order chi connectivity index (χ0) is 14.1. The van der Waals surface area contributed by atoms with Gasteiger partial charge in [-0.15, -0.1) is 5.10 Å². The van der Waals surface area contributed by atoms with E-state index in [4.69, 9.17) is 4.74 Å². The normalized spacial score (nSPS) is 34.0. The van der Waals surface area contributed by atoms with Crippen LogP contribution >= 0.6 is 0 Å². The topological polar surface area (TPSA) is 64.0 Å². The summed E-state index contributed by atoms with van der Waals surface area (Å²) in [6, 6.07) is 0.665. The molecule has 2 aliphatic heterocycles. The highest BCUT2D eigenvalue weighted by atomic mass is 16.5. The third-order valence-corrected chi connectivity index (χ3v) is 5.39. The van der Waals surface area contributed by atoms with E-state index >= 15 is 0 Å². The van der Waals surface area contributed by atoms with Gasteiger partial charge in [0.05, 0.1) is 5.69 Å². The van der Waals surface area contributed by atoms with Crippen LogP contribution in [0.5, 0.6) is 0 Å². The van der Waals surface area contributed by atoms with Crippen molar-refractivity contribution in [2.45, 2.75) is 50.6 Å². The van der Waals surface area contributed by atoms with E-state index in [9.17, 15) is 0 Å². The maximum absolute atomic E-state index is 5.42. The average Bonchev–Trinajstić information content (AvgIpc) is 3.16. The van der Waals surface area contributed by atoms with Crippen molar-refractivity contribution in [1.29, 1.82) is 0 Å². The molecule has 3 aliphatic rings. The van der Waals surface area contributed by atoms with Crippen LogP contribution in [0.15, 0.2) is 6.20 Å². The number of ether oxygens (including phenoxy) is 1. The molecule has 1 aliphatic carbocycles. The molecule has 3 unspecified atom stereocenters. The summed E-state index contributed by atoms with van der Waals surface area (Å²) in [7, 11) is 0. The van der Waals surface area contributed by atoms with Crippen LogP contribution < -0.4 is 10.9 Å². The van der Waals surface area contributed by atoms with E-state index in [1.54, 1.807) is 0 Å². The average molecular weight is 291 g/mol. The van der Waals surface area contributed by atoms with Crippen LogP contribution in [0.3, 0.4) is 0 Å². The molecule has 1 aromatic heterocycles. The molecule has 0 aromatic carbocycles. The third-order valence-electron chi connectivity index (χ3n) is 5.39. The molecule has 6 nitrogen and oxygen atoms in total. The maximum Gasteiger partial charge on any atom is 0.0858 e. The van der Waals surface area contributed by atoms with Crippen molar-refractivity contribution in [2.24, 2.45) is 11.8 Å². The molecule has 21 heavy (non-hydrogen) atoms. The number of hydrazine groups is 1. The van der Waals surface area contributed by atoms with Gasteiger partial charge in [-0.2, -0.15) is 0 Å². The lowest BCUT2D eigenvalue weighted by Crippen LogP contribution is -2.34. The Morgan fingerprint density at radius 2 is 2.14 bits per heavy atom. The Kier molecular flexibility index (Phi) is 3.92. The first-order valence-corrected chi connectivity index (χ1v) is 8.34. The summed E-state index contributed by atoms with van der Waals surface area (Å²) in [6.07, 6.45) is 8.21. The summed E-state index contributed by atoms with van der Waals surface area (Å²) in [5.41, 5.74) is 7.88. The lowest BCUT2D eigenvalue weighted by Gasteiger charge is -2.29. The molecule has 0 radical (unpaired) electrons. The minimum absolute atomic E-state index is 0.594. The van der Waals surface area contributed by atoms with E-state index in [1.165, 1.54) is 25.0 Å². The van der Waals surface area contributed by atoms with Crippen LogP contribution in [0.1, 0.15) is 43.7 Å². The summed E-state index contributed by atoms with van der Waals surface area (Å²) in [5.74, 6) is 2.05. The second kappa shape index (κ2) is 6.02. The lowest BCUT2D eigenvalue weighted by molar-refractivity contribution is 0.0600. The van der Waals surface area contributed by atoms with Crippen molar-refractivity contribution in [3.63, 3.8) is 0 Å². The van der Waals surface area contributed by atoms with Crippen LogP contribution in [0.2, 0.25) is 0 Å². The molecule has 1 saturated carbocycles. The van der Waals surface area contributed by atoms with Gasteiger partial charge in [-0.25, -0.2) is 0 Å². The number of nitrogens with one attached hydrogen (secondary N) is 2. The Morgan fingerprint density at radius 1 is 1.24 bits per heavy atom. The molecule has 3 heterocycles. The monoisotopic (exact) mass is 291 g/mol. The first kappa shape index (κ1) is 13.7. The van der Waals surface area contributed by atoms with Crippen molar-refractivity contribution >= 4 is 0 Å². The van der Waals surface area contributed by atoms with Crippen LogP contribution in [-0.2, 0) is 11.3 Å². The molecular weight excluding hydrogens is 266 g/mol. The minimum Gasteiger partial charge on any atom is -0.381 e. The summed E-state index contributed by atoms with van der Waals surface area (Å²) >= 11 is 0. The number of hydrogen-bond acceptors (Lipinski definition) is 5. The molecule has 0 bridgehead atoms. The smallest absolute Gasteiger partial charge is 0.0858 e. The first-order valence-electron chi connectivity index (χ1n) is 8.34. The van der Waals surface area contributed by atoms with E-state index in [0.29, 0.717) is 17.9 Å². The van der Waals surface area contributed by atoms with Gasteiger partial charge in [-0.1, -0.05) is 5.21 Å². The van der Waals surface area contributed by atoms with E-state index in [-0.39, 0.29) is 0 Å². The first-order chi connectivity index (χ1) is 10.4. The number of nitrogens with zero attached hydrogens (tertiary/aromatic N) is 3. The zero-order valence-electron chi connectivity index (χ0n) is 12.5. The Bertz CT molecular complexity index is 470. The van der Waals surface area contributed by atoms with Gasteiger partial charge in [-0.05, 0) is 43.9 Å². The van der Waals surface area contributed by atoms with E-state index in [1.807, 2.05) is 0 Å².